The van der Waals surface area contributed by atoms with Crippen molar-refractivity contribution in [1.82, 2.24) is 14.7 Å². The van der Waals surface area contributed by atoms with Gasteiger partial charge in [-0.1, -0.05) is 53.5 Å². The number of benzene rings is 2. The van der Waals surface area contributed by atoms with E-state index < -0.39 is 21.4 Å². The lowest BCUT2D eigenvalue weighted by Gasteiger charge is -2.42. The number of carbonyl (C=O) groups is 3. The van der Waals surface area contributed by atoms with Crippen LogP contribution in [0.25, 0.3) is 0 Å². The second-order valence-electron chi connectivity index (χ2n) is 9.59. The number of sulfone groups is 1. The van der Waals surface area contributed by atoms with Crippen molar-refractivity contribution in [2.45, 2.75) is 35.7 Å². The number of carbonyl (C=O) groups excluding carboxylic acids is 3. The van der Waals surface area contributed by atoms with E-state index in [4.69, 9.17) is 23.2 Å². The van der Waals surface area contributed by atoms with Gasteiger partial charge < -0.3 is 15.1 Å². The summed E-state index contributed by atoms with van der Waals surface area (Å²) in [5.74, 6) is -0.204. The van der Waals surface area contributed by atoms with E-state index in [-0.39, 0.29) is 64.2 Å². The van der Waals surface area contributed by atoms with Crippen molar-refractivity contribution in [3.63, 3.8) is 0 Å². The fraction of sp³-hybridized carbons (Fsp3) is 0.375. The molecular formula is C24H24Cl2N4O5S. The highest BCUT2D eigenvalue weighted by Crippen LogP contribution is 2.48. The fourth-order valence-electron chi connectivity index (χ4n) is 5.03. The number of halogens is 2. The van der Waals surface area contributed by atoms with Gasteiger partial charge in [0.25, 0.3) is 5.91 Å². The Kier molecular flexibility index (Phi) is 5.96. The molecule has 0 bridgehead atoms. The number of rotatable bonds is 4. The molecule has 12 heteroatoms. The molecule has 9 nitrogen and oxygen atoms in total. The van der Waals surface area contributed by atoms with Crippen molar-refractivity contribution >= 4 is 56.7 Å². The molecule has 36 heavy (non-hydrogen) atoms. The number of hydrogen-bond acceptors (Lipinski definition) is 5. The van der Waals surface area contributed by atoms with Crippen molar-refractivity contribution in [2.75, 3.05) is 31.2 Å². The van der Waals surface area contributed by atoms with Crippen molar-refractivity contribution in [3.05, 3.63) is 58.1 Å². The maximum Gasteiger partial charge on any atom is 0.328 e. The molecule has 2 aliphatic heterocycles. The molecule has 1 aliphatic carbocycles. The first kappa shape index (κ1) is 24.9. The first-order valence-electron chi connectivity index (χ1n) is 11.4. The summed E-state index contributed by atoms with van der Waals surface area (Å²) in [6, 6.07) is 11.1. The molecule has 1 saturated carbocycles. The molecule has 1 N–H and O–H groups in total. The predicted molar refractivity (Wildman–Crippen MR) is 135 cm³/mol. The van der Waals surface area contributed by atoms with Gasteiger partial charge in [-0.05, 0) is 31.0 Å². The number of anilines is 1. The highest BCUT2D eigenvalue weighted by atomic mass is 35.5. The van der Waals surface area contributed by atoms with Crippen molar-refractivity contribution in [2.24, 2.45) is 0 Å². The molecule has 2 saturated heterocycles. The first-order valence-corrected chi connectivity index (χ1v) is 14.0. The molecule has 0 radical (unpaired) electrons. The van der Waals surface area contributed by atoms with Gasteiger partial charge in [0.05, 0.1) is 27.2 Å². The molecule has 0 aromatic heterocycles. The molecule has 2 heterocycles. The summed E-state index contributed by atoms with van der Waals surface area (Å²) in [6.07, 6.45) is 1.75. The first-order chi connectivity index (χ1) is 16.9. The molecule has 0 spiro atoms. The quantitative estimate of drug-likeness (QED) is 0.582. The van der Waals surface area contributed by atoms with Gasteiger partial charge >= 0.3 is 12.1 Å². The van der Waals surface area contributed by atoms with Crippen LogP contribution < -0.4 is 5.32 Å². The fourth-order valence-corrected chi connectivity index (χ4v) is 6.41. The van der Waals surface area contributed by atoms with Gasteiger partial charge in [-0.2, -0.15) is 0 Å². The van der Waals surface area contributed by atoms with Gasteiger partial charge in [0.2, 0.25) is 0 Å². The largest absolute Gasteiger partial charge is 0.328 e. The van der Waals surface area contributed by atoms with Gasteiger partial charge in [0.1, 0.15) is 5.54 Å². The van der Waals surface area contributed by atoms with Crippen LogP contribution >= 0.6 is 23.2 Å². The Morgan fingerprint density at radius 1 is 1.08 bits per heavy atom. The summed E-state index contributed by atoms with van der Waals surface area (Å²) >= 11 is 12.4. The lowest BCUT2D eigenvalue weighted by atomic mass is 9.97. The van der Waals surface area contributed by atoms with Gasteiger partial charge in [0.15, 0.2) is 9.84 Å². The molecule has 3 atom stereocenters. The molecule has 5 amide bonds. The Bertz CT molecular complexity index is 1360. The van der Waals surface area contributed by atoms with Crippen LogP contribution in [0.3, 0.4) is 0 Å². The van der Waals surface area contributed by atoms with E-state index >= 15 is 0 Å². The molecule has 3 aliphatic rings. The van der Waals surface area contributed by atoms with Gasteiger partial charge in [0, 0.05) is 31.3 Å². The highest BCUT2D eigenvalue weighted by molar-refractivity contribution is 7.90. The third-order valence-corrected chi connectivity index (χ3v) is 8.77. The summed E-state index contributed by atoms with van der Waals surface area (Å²) < 4.78 is 23.6. The maximum absolute atomic E-state index is 13.5. The Balaban J connectivity index is 1.32. The number of urea groups is 2. The van der Waals surface area contributed by atoms with Gasteiger partial charge in [-0.3, -0.25) is 9.69 Å². The van der Waals surface area contributed by atoms with E-state index in [1.165, 1.54) is 21.9 Å². The van der Waals surface area contributed by atoms with E-state index in [2.05, 4.69) is 5.32 Å². The molecule has 2 aromatic carbocycles. The highest BCUT2D eigenvalue weighted by Gasteiger charge is 2.62. The van der Waals surface area contributed by atoms with Crippen LogP contribution in [-0.4, -0.2) is 78.6 Å². The standard InChI is InChI=1S/C24H24Cl2N4O5S/c1-24-13-28(22(32)27-20-17(25)10-15(11-18(20)26)36(2,34)35)8-9-29(24)23(33)30(21(24)31)19-12-16(19)14-6-4-3-5-7-14/h3-7,10-11,16,19H,8-9,12-13H2,1-2H3,(H,27,32)/t16-,19+,24?/m1/s1. The van der Waals surface area contributed by atoms with E-state index in [0.717, 1.165) is 18.2 Å². The van der Waals surface area contributed by atoms with Crippen molar-refractivity contribution < 1.29 is 22.8 Å². The zero-order valence-corrected chi connectivity index (χ0v) is 21.9. The smallest absolute Gasteiger partial charge is 0.320 e. The van der Waals surface area contributed by atoms with E-state index in [9.17, 15) is 22.8 Å². The average Bonchev–Trinajstić information content (AvgIpc) is 3.57. The van der Waals surface area contributed by atoms with Crippen LogP contribution in [0.15, 0.2) is 47.4 Å². The number of nitrogens with one attached hydrogen (secondary N) is 1. The minimum atomic E-state index is -3.54. The lowest BCUT2D eigenvalue weighted by Crippen LogP contribution is -2.62. The monoisotopic (exact) mass is 550 g/mol. The molecule has 3 fully saturated rings. The van der Waals surface area contributed by atoms with Crippen LogP contribution in [0.2, 0.25) is 10.0 Å². The number of hydrogen-bond donors (Lipinski definition) is 1. The second-order valence-corrected chi connectivity index (χ2v) is 12.4. The second kappa shape index (κ2) is 8.64. The van der Waals surface area contributed by atoms with E-state index in [1.54, 1.807) is 11.8 Å². The van der Waals surface area contributed by atoms with Crippen LogP contribution in [-0.2, 0) is 14.6 Å². The predicted octanol–water partition coefficient (Wildman–Crippen LogP) is 3.82. The zero-order chi connectivity index (χ0) is 26.0. The minimum absolute atomic E-state index is 0.000703. The minimum Gasteiger partial charge on any atom is -0.320 e. The topological polar surface area (TPSA) is 107 Å². The molecule has 1 unspecified atom stereocenters. The average molecular weight is 551 g/mol. The molecule has 5 rings (SSSR count). The van der Waals surface area contributed by atoms with Crippen LogP contribution in [0.5, 0.6) is 0 Å². The summed E-state index contributed by atoms with van der Waals surface area (Å²) in [4.78, 5) is 44.1. The SMILES string of the molecule is CC12CN(C(=O)Nc3c(Cl)cc(S(C)(=O)=O)cc3Cl)CCN1C(=O)N([C@H]1C[C@@H]1c1ccccc1)C2=O. The molecule has 190 valence electrons. The third-order valence-electron chi connectivity index (χ3n) is 7.08. The lowest BCUT2D eigenvalue weighted by molar-refractivity contribution is -0.134. The zero-order valence-electron chi connectivity index (χ0n) is 19.6. The van der Waals surface area contributed by atoms with Gasteiger partial charge in [-0.25, -0.2) is 18.0 Å². The number of nitrogens with zero attached hydrogens (tertiary/aromatic N) is 3. The van der Waals surface area contributed by atoms with Crippen LogP contribution in [0.1, 0.15) is 24.8 Å². The number of fused-ring (bicyclic) bond motifs is 1. The van der Waals surface area contributed by atoms with Crippen molar-refractivity contribution in [3.8, 4) is 0 Å². The number of piperazine rings is 1. The van der Waals surface area contributed by atoms with Gasteiger partial charge in [-0.15, -0.1) is 0 Å². The van der Waals surface area contributed by atoms with Crippen LogP contribution in [0, 0.1) is 0 Å². The summed E-state index contributed by atoms with van der Waals surface area (Å²) in [5.41, 5.74) is -0.0261. The Morgan fingerprint density at radius 3 is 2.33 bits per heavy atom. The molecular weight excluding hydrogens is 527 g/mol. The Hall–Kier alpha value is -2.82. The van der Waals surface area contributed by atoms with Crippen LogP contribution in [0.4, 0.5) is 15.3 Å². The van der Waals surface area contributed by atoms with Crippen molar-refractivity contribution in [1.29, 1.82) is 0 Å². The Morgan fingerprint density at radius 2 is 1.72 bits per heavy atom. The Labute approximate surface area is 218 Å². The summed E-state index contributed by atoms with van der Waals surface area (Å²) in [6.45, 7) is 2.08. The number of amides is 5. The molecule has 2 aromatic rings. The van der Waals surface area contributed by atoms with E-state index in [1.807, 2.05) is 30.3 Å². The number of imide groups is 1. The summed E-state index contributed by atoms with van der Waals surface area (Å²) in [7, 11) is -3.54. The van der Waals surface area contributed by atoms with E-state index in [0.29, 0.717) is 0 Å². The summed E-state index contributed by atoms with van der Waals surface area (Å²) in [5, 5.41) is 2.57. The maximum atomic E-state index is 13.5. The normalized spacial score (nSPS) is 25.7. The third kappa shape index (κ3) is 4.10.